The van der Waals surface area contributed by atoms with Gasteiger partial charge in [-0.2, -0.15) is 0 Å². The molecule has 1 aliphatic heterocycles. The number of anilines is 1. The molecule has 4 rings (SSSR count). The number of carbonyl (C=O) groups excluding carboxylic acids is 1. The molecule has 1 aliphatic rings. The Morgan fingerprint density at radius 2 is 1.20 bits per heavy atom. The average molecular weight is 539 g/mol. The van der Waals surface area contributed by atoms with Crippen LogP contribution in [0.1, 0.15) is 72.1 Å². The number of hydrogen-bond donors (Lipinski definition) is 0. The van der Waals surface area contributed by atoms with Crippen LogP contribution in [-0.2, 0) is 4.79 Å². The van der Waals surface area contributed by atoms with Gasteiger partial charge in [0.2, 0.25) is 0 Å². The van der Waals surface area contributed by atoms with Crippen LogP contribution in [0.25, 0.3) is 11.1 Å². The monoisotopic (exact) mass is 538 g/mol. The van der Waals surface area contributed by atoms with Crippen molar-refractivity contribution in [2.75, 3.05) is 31.1 Å². The van der Waals surface area contributed by atoms with Crippen LogP contribution in [0.4, 0.5) is 5.69 Å². The van der Waals surface area contributed by atoms with Gasteiger partial charge >= 0.3 is 5.97 Å². The summed E-state index contributed by atoms with van der Waals surface area (Å²) < 4.78 is 5.67. The van der Waals surface area contributed by atoms with E-state index in [1.165, 1.54) is 28.0 Å². The van der Waals surface area contributed by atoms with Crippen LogP contribution < -0.4 is 9.64 Å². The van der Waals surface area contributed by atoms with E-state index >= 15 is 0 Å². The Kier molecular flexibility index (Phi) is 8.90. The van der Waals surface area contributed by atoms with Crippen molar-refractivity contribution in [1.29, 1.82) is 0 Å². The zero-order valence-electron chi connectivity index (χ0n) is 25.6. The molecule has 0 N–H and O–H groups in total. The Bertz CT molecular complexity index is 1300. The SMILES string of the molecule is CC(C)N1CCN(c2ccc(/C(=C(\c3ccccc3)C(C)(C)C)c3ccc(OC(=O)C(C)(C)C)cc3)cc2)CC1. The first kappa shape index (κ1) is 29.6. The summed E-state index contributed by atoms with van der Waals surface area (Å²) in [6, 6.07) is 28.3. The van der Waals surface area contributed by atoms with Crippen molar-refractivity contribution in [3.8, 4) is 5.75 Å². The molecule has 0 bridgehead atoms. The third-order valence-electron chi connectivity index (χ3n) is 7.59. The van der Waals surface area contributed by atoms with Gasteiger partial charge in [0.05, 0.1) is 5.41 Å². The summed E-state index contributed by atoms with van der Waals surface area (Å²) in [5, 5.41) is 0. The van der Waals surface area contributed by atoms with Crippen molar-refractivity contribution in [2.24, 2.45) is 10.8 Å². The lowest BCUT2D eigenvalue weighted by Gasteiger charge is -2.38. The Hall–Kier alpha value is -3.37. The summed E-state index contributed by atoms with van der Waals surface area (Å²) in [7, 11) is 0. The van der Waals surface area contributed by atoms with Crippen molar-refractivity contribution in [3.05, 3.63) is 95.6 Å². The number of allylic oxidation sites excluding steroid dienone is 1. The van der Waals surface area contributed by atoms with Gasteiger partial charge in [-0.3, -0.25) is 9.69 Å². The summed E-state index contributed by atoms with van der Waals surface area (Å²) in [6.07, 6.45) is 0. The molecule has 1 saturated heterocycles. The van der Waals surface area contributed by atoms with E-state index in [1.807, 2.05) is 32.9 Å². The number of ether oxygens (including phenoxy) is 1. The third kappa shape index (κ3) is 7.03. The fourth-order valence-corrected chi connectivity index (χ4v) is 5.30. The molecule has 0 saturated carbocycles. The first-order valence-corrected chi connectivity index (χ1v) is 14.6. The molecule has 0 aromatic heterocycles. The molecule has 3 aromatic rings. The lowest BCUT2D eigenvalue weighted by atomic mass is 9.76. The Balaban J connectivity index is 1.75. The highest BCUT2D eigenvalue weighted by Crippen LogP contribution is 2.43. The third-order valence-corrected chi connectivity index (χ3v) is 7.59. The lowest BCUT2D eigenvalue weighted by molar-refractivity contribution is -0.143. The van der Waals surface area contributed by atoms with Crippen LogP contribution in [-0.4, -0.2) is 43.1 Å². The number of carbonyl (C=O) groups is 1. The second kappa shape index (κ2) is 12.0. The van der Waals surface area contributed by atoms with Gasteiger partial charge in [-0.25, -0.2) is 0 Å². The molecular formula is C36H46N2O2. The maximum Gasteiger partial charge on any atom is 0.316 e. The van der Waals surface area contributed by atoms with Crippen LogP contribution in [0.3, 0.4) is 0 Å². The normalized spacial score (nSPS) is 15.7. The number of benzene rings is 3. The van der Waals surface area contributed by atoms with Crippen LogP contribution >= 0.6 is 0 Å². The van der Waals surface area contributed by atoms with Crippen LogP contribution in [0, 0.1) is 10.8 Å². The van der Waals surface area contributed by atoms with Gasteiger partial charge in [-0.05, 0) is 92.1 Å². The maximum absolute atomic E-state index is 12.5. The molecule has 1 fully saturated rings. The molecular weight excluding hydrogens is 492 g/mol. The predicted octanol–water partition coefficient (Wildman–Crippen LogP) is 8.17. The van der Waals surface area contributed by atoms with Crippen LogP contribution in [0.5, 0.6) is 5.75 Å². The Morgan fingerprint density at radius 1 is 0.675 bits per heavy atom. The first-order valence-electron chi connectivity index (χ1n) is 14.6. The standard InChI is InChI=1S/C36H46N2O2/c1-26(2)37-22-24-38(25-23-37)30-18-14-27(15-19-30)32(33(35(3,4)5)29-12-10-9-11-13-29)28-16-20-31(21-17-28)40-34(39)36(6,7)8/h9-21,26H,22-25H2,1-8H3/b33-32-. The number of nitrogens with zero attached hydrogens (tertiary/aromatic N) is 2. The number of rotatable bonds is 6. The lowest BCUT2D eigenvalue weighted by Crippen LogP contribution is -2.48. The number of hydrogen-bond acceptors (Lipinski definition) is 4. The van der Waals surface area contributed by atoms with Gasteiger partial charge < -0.3 is 9.64 Å². The van der Waals surface area contributed by atoms with Crippen molar-refractivity contribution in [2.45, 2.75) is 61.4 Å². The van der Waals surface area contributed by atoms with E-state index in [0.717, 1.165) is 31.7 Å². The summed E-state index contributed by atoms with van der Waals surface area (Å²) >= 11 is 0. The van der Waals surface area contributed by atoms with Gasteiger partial charge in [-0.15, -0.1) is 0 Å². The minimum absolute atomic E-state index is 0.111. The largest absolute Gasteiger partial charge is 0.426 e. The van der Waals surface area contributed by atoms with E-state index < -0.39 is 5.41 Å². The zero-order chi connectivity index (χ0) is 29.1. The van der Waals surface area contributed by atoms with E-state index in [2.05, 4.69) is 111 Å². The fraction of sp³-hybridized carbons (Fsp3) is 0.417. The Morgan fingerprint density at radius 3 is 1.68 bits per heavy atom. The molecule has 3 aromatic carbocycles. The van der Waals surface area contributed by atoms with E-state index in [0.29, 0.717) is 11.8 Å². The van der Waals surface area contributed by atoms with Crippen molar-refractivity contribution < 1.29 is 9.53 Å². The first-order chi connectivity index (χ1) is 18.8. The van der Waals surface area contributed by atoms with Crippen LogP contribution in [0.15, 0.2) is 78.9 Å². The minimum atomic E-state index is -0.556. The van der Waals surface area contributed by atoms with Gasteiger partial charge in [-0.1, -0.05) is 75.4 Å². The summed E-state index contributed by atoms with van der Waals surface area (Å²) in [5.74, 6) is 0.330. The topological polar surface area (TPSA) is 32.8 Å². The smallest absolute Gasteiger partial charge is 0.316 e. The number of piperazine rings is 1. The molecule has 1 heterocycles. The summed E-state index contributed by atoms with van der Waals surface area (Å²) in [5.41, 5.74) is 6.57. The molecule has 4 nitrogen and oxygen atoms in total. The second-order valence-corrected chi connectivity index (χ2v) is 13.2. The molecule has 0 aliphatic carbocycles. The highest BCUT2D eigenvalue weighted by atomic mass is 16.5. The summed E-state index contributed by atoms with van der Waals surface area (Å²) in [6.45, 7) is 21.3. The molecule has 0 amide bonds. The van der Waals surface area contributed by atoms with Crippen LogP contribution in [0.2, 0.25) is 0 Å². The molecule has 0 unspecified atom stereocenters. The van der Waals surface area contributed by atoms with E-state index in [4.69, 9.17) is 4.74 Å². The molecule has 0 spiro atoms. The number of esters is 1. The molecule has 4 heteroatoms. The molecule has 0 radical (unpaired) electrons. The molecule has 40 heavy (non-hydrogen) atoms. The van der Waals surface area contributed by atoms with Crippen molar-refractivity contribution >= 4 is 22.8 Å². The van der Waals surface area contributed by atoms with Crippen molar-refractivity contribution in [1.82, 2.24) is 4.90 Å². The average Bonchev–Trinajstić information content (AvgIpc) is 2.92. The van der Waals surface area contributed by atoms with Gasteiger partial charge in [0.25, 0.3) is 0 Å². The Labute approximate surface area is 241 Å². The summed E-state index contributed by atoms with van der Waals surface area (Å²) in [4.78, 5) is 17.5. The van der Waals surface area contributed by atoms with Gasteiger partial charge in [0.1, 0.15) is 5.75 Å². The molecule has 0 atom stereocenters. The predicted molar refractivity (Wildman–Crippen MR) is 169 cm³/mol. The minimum Gasteiger partial charge on any atom is -0.426 e. The fourth-order valence-electron chi connectivity index (χ4n) is 5.30. The van der Waals surface area contributed by atoms with Gasteiger partial charge in [0, 0.05) is 37.9 Å². The maximum atomic E-state index is 12.5. The highest BCUT2D eigenvalue weighted by Gasteiger charge is 2.26. The van der Waals surface area contributed by atoms with E-state index in [1.54, 1.807) is 0 Å². The molecule has 212 valence electrons. The van der Waals surface area contributed by atoms with E-state index in [-0.39, 0.29) is 11.4 Å². The zero-order valence-corrected chi connectivity index (χ0v) is 25.6. The van der Waals surface area contributed by atoms with Crippen molar-refractivity contribution in [3.63, 3.8) is 0 Å². The quantitative estimate of drug-likeness (QED) is 0.180. The van der Waals surface area contributed by atoms with E-state index in [9.17, 15) is 4.79 Å². The second-order valence-electron chi connectivity index (χ2n) is 13.2. The van der Waals surface area contributed by atoms with Gasteiger partial charge in [0.15, 0.2) is 0 Å². The highest BCUT2D eigenvalue weighted by molar-refractivity contribution is 6.00.